The van der Waals surface area contributed by atoms with Gasteiger partial charge in [0.2, 0.25) is 0 Å². The Morgan fingerprint density at radius 2 is 2.45 bits per heavy atom. The van der Waals surface area contributed by atoms with Crippen molar-refractivity contribution in [3.8, 4) is 0 Å². The lowest BCUT2D eigenvalue weighted by Crippen LogP contribution is -2.47. The van der Waals surface area contributed by atoms with Gasteiger partial charge in [0, 0.05) is 30.1 Å². The van der Waals surface area contributed by atoms with E-state index in [0.717, 1.165) is 23.3 Å². The van der Waals surface area contributed by atoms with Crippen molar-refractivity contribution < 1.29 is 0 Å². The number of hydrogen-bond acceptors (Lipinski definition) is 3. The molecule has 5 heteroatoms. The van der Waals surface area contributed by atoms with Gasteiger partial charge in [0.1, 0.15) is 0 Å². The molecule has 2 fully saturated rings. The minimum Gasteiger partial charge on any atom is -0.359 e. The summed E-state index contributed by atoms with van der Waals surface area (Å²) in [6, 6.07) is 0. The fourth-order valence-electron chi connectivity index (χ4n) is 3.46. The highest BCUT2D eigenvalue weighted by atomic mass is 32.2. The van der Waals surface area contributed by atoms with Gasteiger partial charge in [-0.1, -0.05) is 31.5 Å². The summed E-state index contributed by atoms with van der Waals surface area (Å²) in [5, 5.41) is 9.22. The van der Waals surface area contributed by atoms with Gasteiger partial charge in [-0.05, 0) is 25.7 Å². The summed E-state index contributed by atoms with van der Waals surface area (Å²) < 4.78 is 1.87. The lowest BCUT2D eigenvalue weighted by Gasteiger charge is -2.36. The monoisotopic (exact) mass is 292 g/mol. The second-order valence-corrected chi connectivity index (χ2v) is 7.39. The first kappa shape index (κ1) is 14.0. The molecule has 1 aliphatic carbocycles. The Hall–Kier alpha value is -0.970. The summed E-state index contributed by atoms with van der Waals surface area (Å²) >= 11 is 1.89. The van der Waals surface area contributed by atoms with E-state index >= 15 is 0 Å². The predicted octanol–water partition coefficient (Wildman–Crippen LogP) is 2.87. The molecule has 20 heavy (non-hydrogen) atoms. The summed E-state index contributed by atoms with van der Waals surface area (Å²) in [5.74, 6) is 2.03. The summed E-state index contributed by atoms with van der Waals surface area (Å²) in [5.41, 5.74) is 2.63. The zero-order valence-electron chi connectivity index (χ0n) is 12.6. The maximum absolute atomic E-state index is 4.76. The molecule has 3 rings (SSSR count). The minimum atomic E-state index is 0.325. The average molecular weight is 292 g/mol. The fourth-order valence-corrected chi connectivity index (χ4v) is 4.65. The minimum absolute atomic E-state index is 0.325. The molecular weight excluding hydrogens is 268 g/mol. The van der Waals surface area contributed by atoms with Gasteiger partial charge < -0.3 is 5.32 Å². The van der Waals surface area contributed by atoms with Crippen LogP contribution in [0.25, 0.3) is 0 Å². The highest BCUT2D eigenvalue weighted by Crippen LogP contribution is 2.38. The number of nitrogens with zero attached hydrogens (tertiary/aromatic N) is 3. The molecule has 1 saturated heterocycles. The molecule has 2 atom stereocenters. The molecule has 2 unspecified atom stereocenters. The molecule has 1 aromatic heterocycles. The SMILES string of the molecule is Cc1nn(C)cc1CN=C1NC2(CCCC(C)C2)CS1. The summed E-state index contributed by atoms with van der Waals surface area (Å²) in [6.07, 6.45) is 7.40. The van der Waals surface area contributed by atoms with Crippen molar-refractivity contribution in [1.29, 1.82) is 0 Å². The van der Waals surface area contributed by atoms with Crippen LogP contribution in [0.5, 0.6) is 0 Å². The smallest absolute Gasteiger partial charge is 0.157 e. The Balaban J connectivity index is 1.64. The molecule has 1 N–H and O–H groups in total. The van der Waals surface area contributed by atoms with Crippen molar-refractivity contribution in [2.24, 2.45) is 18.0 Å². The first-order chi connectivity index (χ1) is 9.56. The van der Waals surface area contributed by atoms with Crippen LogP contribution in [-0.4, -0.2) is 26.2 Å². The first-order valence-electron chi connectivity index (χ1n) is 7.51. The Kier molecular flexibility index (Phi) is 3.80. The van der Waals surface area contributed by atoms with E-state index in [9.17, 15) is 0 Å². The van der Waals surface area contributed by atoms with Crippen LogP contribution in [-0.2, 0) is 13.6 Å². The lowest BCUT2D eigenvalue weighted by molar-refractivity contribution is 0.242. The van der Waals surface area contributed by atoms with Gasteiger partial charge in [0.05, 0.1) is 12.2 Å². The van der Waals surface area contributed by atoms with Crippen LogP contribution >= 0.6 is 11.8 Å². The van der Waals surface area contributed by atoms with Gasteiger partial charge >= 0.3 is 0 Å². The highest BCUT2D eigenvalue weighted by molar-refractivity contribution is 8.14. The highest BCUT2D eigenvalue weighted by Gasteiger charge is 2.40. The third kappa shape index (κ3) is 2.87. The molecule has 2 aliphatic rings. The molecule has 0 aromatic carbocycles. The molecule has 110 valence electrons. The van der Waals surface area contributed by atoms with E-state index in [0.29, 0.717) is 5.54 Å². The number of hydrogen-bond donors (Lipinski definition) is 1. The molecule has 1 saturated carbocycles. The number of aryl methyl sites for hydroxylation is 2. The number of nitrogens with one attached hydrogen (secondary N) is 1. The fraction of sp³-hybridized carbons (Fsp3) is 0.733. The number of aromatic nitrogens is 2. The number of thioether (sulfide) groups is 1. The van der Waals surface area contributed by atoms with Gasteiger partial charge in [-0.2, -0.15) is 5.10 Å². The second-order valence-electron chi connectivity index (χ2n) is 6.43. The van der Waals surface area contributed by atoms with Crippen molar-refractivity contribution >= 4 is 16.9 Å². The Bertz CT molecular complexity index is 522. The van der Waals surface area contributed by atoms with Gasteiger partial charge in [0.15, 0.2) is 5.17 Å². The van der Waals surface area contributed by atoms with E-state index in [1.807, 2.05) is 23.5 Å². The van der Waals surface area contributed by atoms with Crippen molar-refractivity contribution in [3.63, 3.8) is 0 Å². The quantitative estimate of drug-likeness (QED) is 0.911. The van der Waals surface area contributed by atoms with Crippen LogP contribution in [0.1, 0.15) is 43.9 Å². The molecule has 4 nitrogen and oxygen atoms in total. The van der Waals surface area contributed by atoms with Crippen molar-refractivity contribution in [1.82, 2.24) is 15.1 Å². The zero-order chi connectivity index (χ0) is 14.2. The van der Waals surface area contributed by atoms with E-state index < -0.39 is 0 Å². The van der Waals surface area contributed by atoms with E-state index in [-0.39, 0.29) is 0 Å². The number of aliphatic imine (C=N–C) groups is 1. The molecule has 0 radical (unpaired) electrons. The predicted molar refractivity (Wildman–Crippen MR) is 85.0 cm³/mol. The largest absolute Gasteiger partial charge is 0.359 e. The Morgan fingerprint density at radius 1 is 1.60 bits per heavy atom. The van der Waals surface area contributed by atoms with Crippen LogP contribution in [0.15, 0.2) is 11.2 Å². The third-order valence-electron chi connectivity index (χ3n) is 4.46. The molecular formula is C15H24N4S. The van der Waals surface area contributed by atoms with E-state index in [4.69, 9.17) is 4.99 Å². The Morgan fingerprint density at radius 3 is 3.15 bits per heavy atom. The first-order valence-corrected chi connectivity index (χ1v) is 8.49. The van der Waals surface area contributed by atoms with Crippen LogP contribution in [0.4, 0.5) is 0 Å². The van der Waals surface area contributed by atoms with Crippen LogP contribution in [0.3, 0.4) is 0 Å². The Labute approximate surface area is 125 Å². The summed E-state index contributed by atoms with van der Waals surface area (Å²) in [6.45, 7) is 5.16. The van der Waals surface area contributed by atoms with Crippen LogP contribution in [0.2, 0.25) is 0 Å². The maximum Gasteiger partial charge on any atom is 0.157 e. The third-order valence-corrected chi connectivity index (χ3v) is 5.66. The van der Waals surface area contributed by atoms with Gasteiger partial charge in [-0.3, -0.25) is 9.67 Å². The second kappa shape index (κ2) is 5.43. The van der Waals surface area contributed by atoms with E-state index in [1.54, 1.807) is 0 Å². The average Bonchev–Trinajstić information content (AvgIpc) is 2.91. The summed E-state index contributed by atoms with van der Waals surface area (Å²) in [4.78, 5) is 4.76. The molecule has 1 aliphatic heterocycles. The maximum atomic E-state index is 4.76. The summed E-state index contributed by atoms with van der Waals surface area (Å²) in [7, 11) is 1.96. The normalized spacial score (nSPS) is 31.9. The lowest BCUT2D eigenvalue weighted by atomic mass is 9.78. The topological polar surface area (TPSA) is 42.2 Å². The van der Waals surface area contributed by atoms with Crippen LogP contribution in [0, 0.1) is 12.8 Å². The number of amidine groups is 1. The molecule has 0 amide bonds. The van der Waals surface area contributed by atoms with Crippen molar-refractivity contribution in [3.05, 3.63) is 17.5 Å². The molecule has 2 heterocycles. The molecule has 0 bridgehead atoms. The number of rotatable bonds is 2. The standard InChI is InChI=1S/C15H24N4S/c1-11-5-4-6-15(7-11)10-20-14(17-15)16-8-13-9-19(3)18-12(13)2/h9,11H,4-8,10H2,1-3H3,(H,16,17). The van der Waals surface area contributed by atoms with Gasteiger partial charge in [-0.25, -0.2) is 0 Å². The van der Waals surface area contributed by atoms with E-state index in [1.165, 1.54) is 37.0 Å². The van der Waals surface area contributed by atoms with Crippen molar-refractivity contribution in [2.45, 2.75) is 51.6 Å². The molecule has 1 aromatic rings. The van der Waals surface area contributed by atoms with Gasteiger partial charge in [0.25, 0.3) is 0 Å². The van der Waals surface area contributed by atoms with Crippen LogP contribution < -0.4 is 5.32 Å². The van der Waals surface area contributed by atoms with Gasteiger partial charge in [-0.15, -0.1) is 0 Å². The van der Waals surface area contributed by atoms with Crippen molar-refractivity contribution in [2.75, 3.05) is 5.75 Å². The zero-order valence-corrected chi connectivity index (χ0v) is 13.5. The van der Waals surface area contributed by atoms with E-state index in [2.05, 4.69) is 30.5 Å². The molecule has 1 spiro atoms.